The summed E-state index contributed by atoms with van der Waals surface area (Å²) >= 11 is 7.20. The van der Waals surface area contributed by atoms with Gasteiger partial charge in [0.25, 0.3) is 0 Å². The third-order valence-electron chi connectivity index (χ3n) is 4.04. The monoisotopic (exact) mass is 425 g/mol. The van der Waals surface area contributed by atoms with Crippen LogP contribution >= 0.6 is 23.4 Å². The molecule has 0 aliphatic rings. The summed E-state index contributed by atoms with van der Waals surface area (Å²) in [6, 6.07) is 18.4. The molecule has 0 unspecified atom stereocenters. The number of rotatable bonds is 6. The number of halogens is 1. The van der Waals surface area contributed by atoms with Gasteiger partial charge in [-0.15, -0.1) is 10.2 Å². The van der Waals surface area contributed by atoms with Gasteiger partial charge in [-0.3, -0.25) is 4.79 Å². The molecular weight excluding hydrogens is 410 g/mol. The van der Waals surface area contributed by atoms with Crippen LogP contribution in [0.5, 0.6) is 5.75 Å². The van der Waals surface area contributed by atoms with Crippen LogP contribution in [0.1, 0.15) is 0 Å². The fourth-order valence-corrected chi connectivity index (χ4v) is 3.57. The lowest BCUT2D eigenvalue weighted by atomic mass is 10.1. The van der Waals surface area contributed by atoms with Crippen LogP contribution in [0.4, 0.5) is 5.69 Å². The zero-order chi connectivity index (χ0) is 20.2. The van der Waals surface area contributed by atoms with E-state index in [9.17, 15) is 4.79 Å². The lowest BCUT2D eigenvalue weighted by molar-refractivity contribution is -0.113. The number of nitrogens with zero attached hydrogens (tertiary/aromatic N) is 4. The number of amides is 1. The third-order valence-corrected chi connectivity index (χ3v) is 5.19. The minimum Gasteiger partial charge on any atom is -0.497 e. The van der Waals surface area contributed by atoms with Crippen molar-refractivity contribution < 1.29 is 9.53 Å². The lowest BCUT2D eigenvalue weighted by Gasteiger charge is -2.06. The van der Waals surface area contributed by atoms with Gasteiger partial charge < -0.3 is 10.1 Å². The smallest absolute Gasteiger partial charge is 0.234 e. The number of anilines is 1. The fraction of sp³-hybridized carbons (Fsp3) is 0.100. The van der Waals surface area contributed by atoms with E-state index in [0.717, 1.165) is 17.0 Å². The van der Waals surface area contributed by atoms with Crippen molar-refractivity contribution in [3.8, 4) is 17.0 Å². The maximum atomic E-state index is 12.2. The van der Waals surface area contributed by atoms with Gasteiger partial charge in [0, 0.05) is 16.3 Å². The first-order chi connectivity index (χ1) is 14.1. The average Bonchev–Trinajstić information content (AvgIpc) is 3.14. The molecule has 0 fully saturated rings. The van der Waals surface area contributed by atoms with E-state index in [0.29, 0.717) is 21.5 Å². The van der Waals surface area contributed by atoms with Gasteiger partial charge in [0.1, 0.15) is 5.75 Å². The Morgan fingerprint density at radius 3 is 2.83 bits per heavy atom. The Morgan fingerprint density at radius 1 is 1.14 bits per heavy atom. The van der Waals surface area contributed by atoms with Gasteiger partial charge in [0.2, 0.25) is 11.1 Å². The van der Waals surface area contributed by atoms with E-state index in [1.807, 2.05) is 36.4 Å². The van der Waals surface area contributed by atoms with Crippen molar-refractivity contribution in [2.45, 2.75) is 5.16 Å². The summed E-state index contributed by atoms with van der Waals surface area (Å²) < 4.78 is 6.91. The molecule has 4 aromatic rings. The molecule has 9 heteroatoms. The number of hydrogen-bond acceptors (Lipinski definition) is 6. The highest BCUT2D eigenvalue weighted by Gasteiger charge is 2.12. The first-order valence-corrected chi connectivity index (χ1v) is 10.0. The van der Waals surface area contributed by atoms with Gasteiger partial charge in [-0.05, 0) is 42.5 Å². The van der Waals surface area contributed by atoms with Crippen LogP contribution in [0.3, 0.4) is 0 Å². The number of aromatic nitrogens is 4. The van der Waals surface area contributed by atoms with E-state index in [-0.39, 0.29) is 11.7 Å². The van der Waals surface area contributed by atoms with Gasteiger partial charge in [-0.25, -0.2) is 0 Å². The molecule has 0 radical (unpaired) electrons. The van der Waals surface area contributed by atoms with E-state index in [1.54, 1.807) is 35.9 Å². The number of carbonyl (C=O) groups excluding carboxylic acids is 1. The number of thioether (sulfide) groups is 1. The molecule has 146 valence electrons. The van der Waals surface area contributed by atoms with Crippen LogP contribution in [0.25, 0.3) is 16.9 Å². The van der Waals surface area contributed by atoms with Crippen molar-refractivity contribution in [3.05, 3.63) is 65.7 Å². The Bertz CT molecular complexity index is 1180. The van der Waals surface area contributed by atoms with Gasteiger partial charge in [-0.2, -0.15) is 9.61 Å². The highest BCUT2D eigenvalue weighted by Crippen LogP contribution is 2.24. The van der Waals surface area contributed by atoms with Crippen molar-refractivity contribution in [3.63, 3.8) is 0 Å². The molecule has 0 spiro atoms. The van der Waals surface area contributed by atoms with Gasteiger partial charge in [0.15, 0.2) is 5.65 Å². The van der Waals surface area contributed by atoms with Crippen LogP contribution in [0.15, 0.2) is 65.8 Å². The van der Waals surface area contributed by atoms with Crippen LogP contribution in [0.2, 0.25) is 5.02 Å². The molecule has 2 aromatic heterocycles. The largest absolute Gasteiger partial charge is 0.497 e. The van der Waals surface area contributed by atoms with E-state index >= 15 is 0 Å². The number of benzene rings is 2. The Morgan fingerprint density at radius 2 is 2.00 bits per heavy atom. The fourth-order valence-electron chi connectivity index (χ4n) is 2.69. The maximum Gasteiger partial charge on any atom is 0.234 e. The van der Waals surface area contributed by atoms with Crippen molar-refractivity contribution in [2.75, 3.05) is 18.2 Å². The highest BCUT2D eigenvalue weighted by molar-refractivity contribution is 7.99. The minimum atomic E-state index is -0.169. The van der Waals surface area contributed by atoms with E-state index in [1.165, 1.54) is 11.8 Å². The number of nitrogens with one attached hydrogen (secondary N) is 1. The van der Waals surface area contributed by atoms with Crippen molar-refractivity contribution in [1.82, 2.24) is 19.8 Å². The molecular formula is C20H16ClN5O2S. The zero-order valence-corrected chi connectivity index (χ0v) is 16.9. The second-order valence-corrected chi connectivity index (χ2v) is 7.43. The molecule has 2 aromatic carbocycles. The third kappa shape index (κ3) is 4.49. The van der Waals surface area contributed by atoms with E-state index in [2.05, 4.69) is 20.6 Å². The van der Waals surface area contributed by atoms with Crippen LogP contribution in [0, 0.1) is 0 Å². The first-order valence-electron chi connectivity index (χ1n) is 8.67. The molecule has 0 bridgehead atoms. The normalized spacial score (nSPS) is 10.8. The van der Waals surface area contributed by atoms with E-state index in [4.69, 9.17) is 16.3 Å². The number of ether oxygens (including phenoxy) is 1. The topological polar surface area (TPSA) is 81.4 Å². The Hall–Kier alpha value is -3.10. The van der Waals surface area contributed by atoms with Crippen molar-refractivity contribution >= 4 is 40.6 Å². The molecule has 7 nitrogen and oxygen atoms in total. The Balaban J connectivity index is 1.51. The summed E-state index contributed by atoms with van der Waals surface area (Å²) in [5.41, 5.74) is 2.91. The number of carbonyl (C=O) groups is 1. The quantitative estimate of drug-likeness (QED) is 0.466. The SMILES string of the molecule is COc1cccc(-c2ccc3nnc(SCC(=O)Nc4cccc(Cl)c4)n3n2)c1. The summed E-state index contributed by atoms with van der Waals surface area (Å²) in [6.07, 6.45) is 0. The summed E-state index contributed by atoms with van der Waals surface area (Å²) in [4.78, 5) is 12.2. The van der Waals surface area contributed by atoms with Gasteiger partial charge in [0.05, 0.1) is 18.6 Å². The molecule has 4 rings (SSSR count). The minimum absolute atomic E-state index is 0.165. The predicted octanol–water partition coefficient (Wildman–Crippen LogP) is 4.18. The molecule has 2 heterocycles. The average molecular weight is 426 g/mol. The molecule has 0 saturated carbocycles. The number of hydrogen-bond donors (Lipinski definition) is 1. The molecule has 1 amide bonds. The lowest BCUT2D eigenvalue weighted by Crippen LogP contribution is -2.14. The summed E-state index contributed by atoms with van der Waals surface area (Å²) in [7, 11) is 1.62. The number of methoxy groups -OCH3 is 1. The Labute approximate surface area is 176 Å². The zero-order valence-electron chi connectivity index (χ0n) is 15.4. The molecule has 0 aliphatic carbocycles. The number of fused-ring (bicyclic) bond motifs is 1. The van der Waals surface area contributed by atoms with Crippen molar-refractivity contribution in [2.24, 2.45) is 0 Å². The predicted molar refractivity (Wildman–Crippen MR) is 114 cm³/mol. The standard InChI is InChI=1S/C20H16ClN5O2S/c1-28-16-7-2-4-13(10-16)17-8-9-18-23-24-20(26(18)25-17)29-12-19(27)22-15-6-3-5-14(21)11-15/h2-11H,12H2,1H3,(H,22,27). The van der Waals surface area contributed by atoms with Crippen LogP contribution in [-0.2, 0) is 4.79 Å². The Kier molecular flexibility index (Phi) is 5.64. The van der Waals surface area contributed by atoms with E-state index < -0.39 is 0 Å². The first kappa shape index (κ1) is 19.2. The summed E-state index contributed by atoms with van der Waals surface area (Å²) in [5.74, 6) is 0.747. The van der Waals surface area contributed by atoms with Crippen LogP contribution < -0.4 is 10.1 Å². The van der Waals surface area contributed by atoms with Crippen LogP contribution in [-0.4, -0.2) is 38.6 Å². The van der Waals surface area contributed by atoms with Gasteiger partial charge >= 0.3 is 0 Å². The highest BCUT2D eigenvalue weighted by atomic mass is 35.5. The second kappa shape index (κ2) is 8.50. The van der Waals surface area contributed by atoms with Crippen molar-refractivity contribution in [1.29, 1.82) is 0 Å². The van der Waals surface area contributed by atoms with Gasteiger partial charge in [-0.1, -0.05) is 41.6 Å². The summed E-state index contributed by atoms with van der Waals surface area (Å²) in [6.45, 7) is 0. The molecule has 0 saturated heterocycles. The molecule has 0 atom stereocenters. The molecule has 1 N–H and O–H groups in total. The molecule has 0 aliphatic heterocycles. The maximum absolute atomic E-state index is 12.2. The molecule has 29 heavy (non-hydrogen) atoms. The second-order valence-electron chi connectivity index (χ2n) is 6.05. The summed E-state index contributed by atoms with van der Waals surface area (Å²) in [5, 5.41) is 16.8.